The molecule has 2 amide bonds. The molecular formula is C18H25FN2O2. The van der Waals surface area contributed by atoms with Gasteiger partial charge in [0.15, 0.2) is 0 Å². The summed E-state index contributed by atoms with van der Waals surface area (Å²) in [5.74, 6) is -0.0940. The molecule has 2 rings (SSSR count). The predicted octanol–water partition coefficient (Wildman–Crippen LogP) is 2.48. The Morgan fingerprint density at radius 2 is 1.87 bits per heavy atom. The first kappa shape index (κ1) is 17.4. The summed E-state index contributed by atoms with van der Waals surface area (Å²) < 4.78 is 13.2. The average Bonchev–Trinajstić information content (AvgIpc) is 2.56. The first-order valence-corrected chi connectivity index (χ1v) is 8.36. The number of piperidine rings is 1. The summed E-state index contributed by atoms with van der Waals surface area (Å²) in [5, 5.41) is 0. The van der Waals surface area contributed by atoms with E-state index in [2.05, 4.69) is 0 Å². The quantitative estimate of drug-likeness (QED) is 0.836. The van der Waals surface area contributed by atoms with Gasteiger partial charge in [0.25, 0.3) is 0 Å². The second kappa shape index (κ2) is 8.09. The van der Waals surface area contributed by atoms with Crippen molar-refractivity contribution in [2.24, 2.45) is 5.92 Å². The van der Waals surface area contributed by atoms with Gasteiger partial charge in [0, 0.05) is 32.1 Å². The predicted molar refractivity (Wildman–Crippen MR) is 87.3 cm³/mol. The highest BCUT2D eigenvalue weighted by molar-refractivity contribution is 5.81. The van der Waals surface area contributed by atoms with Crippen LogP contribution >= 0.6 is 0 Å². The SMILES string of the molecule is CCN(CC)C(=O)C1CCN(C(=O)Cc2cccc(F)c2)CC1. The maximum atomic E-state index is 13.2. The standard InChI is InChI=1S/C18H25FN2O2/c1-3-20(4-2)18(23)15-8-10-21(11-9-15)17(22)13-14-6-5-7-16(19)12-14/h5-7,12,15H,3-4,8-11,13H2,1-2H3. The lowest BCUT2D eigenvalue weighted by Crippen LogP contribution is -2.44. The zero-order valence-corrected chi connectivity index (χ0v) is 13.9. The van der Waals surface area contributed by atoms with Gasteiger partial charge in [0.1, 0.15) is 5.82 Å². The van der Waals surface area contributed by atoms with Crippen LogP contribution in [0.5, 0.6) is 0 Å². The Morgan fingerprint density at radius 1 is 1.22 bits per heavy atom. The van der Waals surface area contributed by atoms with Crippen molar-refractivity contribution in [3.63, 3.8) is 0 Å². The molecule has 0 atom stereocenters. The van der Waals surface area contributed by atoms with E-state index in [0.29, 0.717) is 31.5 Å². The maximum absolute atomic E-state index is 13.2. The van der Waals surface area contributed by atoms with E-state index in [9.17, 15) is 14.0 Å². The van der Waals surface area contributed by atoms with Crippen molar-refractivity contribution in [1.82, 2.24) is 9.80 Å². The van der Waals surface area contributed by atoms with E-state index in [1.807, 2.05) is 18.7 Å². The number of nitrogens with zero attached hydrogens (tertiary/aromatic N) is 2. The van der Waals surface area contributed by atoms with E-state index in [1.165, 1.54) is 12.1 Å². The van der Waals surface area contributed by atoms with Crippen LogP contribution in [0.2, 0.25) is 0 Å². The van der Waals surface area contributed by atoms with E-state index >= 15 is 0 Å². The third kappa shape index (κ3) is 4.53. The Morgan fingerprint density at radius 3 is 2.43 bits per heavy atom. The van der Waals surface area contributed by atoms with Crippen LogP contribution in [0.15, 0.2) is 24.3 Å². The number of benzene rings is 1. The van der Waals surface area contributed by atoms with Crippen LogP contribution in [0.25, 0.3) is 0 Å². The second-order valence-electron chi connectivity index (χ2n) is 5.97. The summed E-state index contributed by atoms with van der Waals surface area (Å²) in [7, 11) is 0. The van der Waals surface area contributed by atoms with Gasteiger partial charge in [0.05, 0.1) is 6.42 Å². The fourth-order valence-corrected chi connectivity index (χ4v) is 3.10. The van der Waals surface area contributed by atoms with Crippen LogP contribution in [0.3, 0.4) is 0 Å². The Bertz CT molecular complexity index is 550. The molecule has 0 unspecified atom stereocenters. The van der Waals surface area contributed by atoms with Crippen LogP contribution in [0.1, 0.15) is 32.3 Å². The Balaban J connectivity index is 1.86. The number of halogens is 1. The van der Waals surface area contributed by atoms with Gasteiger partial charge in [-0.05, 0) is 44.4 Å². The molecule has 1 heterocycles. The molecule has 4 nitrogen and oxygen atoms in total. The van der Waals surface area contributed by atoms with Crippen molar-refractivity contribution < 1.29 is 14.0 Å². The van der Waals surface area contributed by atoms with Crippen molar-refractivity contribution >= 4 is 11.8 Å². The van der Waals surface area contributed by atoms with Crippen molar-refractivity contribution in [3.05, 3.63) is 35.6 Å². The third-order valence-electron chi connectivity index (χ3n) is 4.52. The van der Waals surface area contributed by atoms with Crippen molar-refractivity contribution in [3.8, 4) is 0 Å². The molecule has 0 saturated carbocycles. The zero-order chi connectivity index (χ0) is 16.8. The summed E-state index contributed by atoms with van der Waals surface area (Å²) in [5.41, 5.74) is 0.691. The van der Waals surface area contributed by atoms with Gasteiger partial charge in [-0.25, -0.2) is 4.39 Å². The number of hydrogen-bond donors (Lipinski definition) is 0. The lowest BCUT2D eigenvalue weighted by Gasteiger charge is -2.33. The molecule has 1 aliphatic heterocycles. The highest BCUT2D eigenvalue weighted by Crippen LogP contribution is 2.20. The van der Waals surface area contributed by atoms with Crippen molar-refractivity contribution in [2.45, 2.75) is 33.1 Å². The monoisotopic (exact) mass is 320 g/mol. The smallest absolute Gasteiger partial charge is 0.226 e. The lowest BCUT2D eigenvalue weighted by molar-refractivity contribution is -0.140. The van der Waals surface area contributed by atoms with Gasteiger partial charge in [-0.1, -0.05) is 12.1 Å². The van der Waals surface area contributed by atoms with E-state index in [0.717, 1.165) is 13.1 Å². The second-order valence-corrected chi connectivity index (χ2v) is 5.97. The minimum absolute atomic E-state index is 0.00402. The highest BCUT2D eigenvalue weighted by atomic mass is 19.1. The summed E-state index contributed by atoms with van der Waals surface area (Å²) in [6.07, 6.45) is 1.64. The zero-order valence-electron chi connectivity index (χ0n) is 13.9. The first-order chi connectivity index (χ1) is 11.0. The van der Waals surface area contributed by atoms with Gasteiger partial charge < -0.3 is 9.80 Å². The van der Waals surface area contributed by atoms with E-state index < -0.39 is 0 Å². The van der Waals surface area contributed by atoms with Gasteiger partial charge in [0.2, 0.25) is 11.8 Å². The molecule has 0 bridgehead atoms. The van der Waals surface area contributed by atoms with E-state index in [1.54, 1.807) is 17.0 Å². The first-order valence-electron chi connectivity index (χ1n) is 8.36. The maximum Gasteiger partial charge on any atom is 0.226 e. The average molecular weight is 320 g/mol. The molecule has 0 N–H and O–H groups in total. The number of carbonyl (C=O) groups is 2. The molecule has 1 saturated heterocycles. The molecule has 1 fully saturated rings. The summed E-state index contributed by atoms with van der Waals surface area (Å²) in [6, 6.07) is 6.15. The Hall–Kier alpha value is -1.91. The fourth-order valence-electron chi connectivity index (χ4n) is 3.10. The topological polar surface area (TPSA) is 40.6 Å². The number of hydrogen-bond acceptors (Lipinski definition) is 2. The molecule has 0 aliphatic carbocycles. The van der Waals surface area contributed by atoms with E-state index in [-0.39, 0.29) is 30.0 Å². The minimum Gasteiger partial charge on any atom is -0.343 e. The number of amides is 2. The summed E-state index contributed by atoms with van der Waals surface area (Å²) in [6.45, 7) is 6.64. The highest BCUT2D eigenvalue weighted by Gasteiger charge is 2.29. The van der Waals surface area contributed by atoms with Crippen LogP contribution in [0, 0.1) is 11.7 Å². The molecule has 126 valence electrons. The molecule has 1 aliphatic rings. The molecule has 1 aromatic carbocycles. The molecule has 0 spiro atoms. The summed E-state index contributed by atoms with van der Waals surface area (Å²) >= 11 is 0. The number of likely N-dealkylation sites (tertiary alicyclic amines) is 1. The molecule has 0 radical (unpaired) electrons. The van der Waals surface area contributed by atoms with Gasteiger partial charge in [-0.3, -0.25) is 9.59 Å². The van der Waals surface area contributed by atoms with Crippen LogP contribution in [-0.2, 0) is 16.0 Å². The molecular weight excluding hydrogens is 295 g/mol. The molecule has 23 heavy (non-hydrogen) atoms. The number of rotatable bonds is 5. The van der Waals surface area contributed by atoms with Crippen LogP contribution in [0.4, 0.5) is 4.39 Å². The van der Waals surface area contributed by atoms with Crippen LogP contribution < -0.4 is 0 Å². The summed E-state index contributed by atoms with van der Waals surface area (Å²) in [4.78, 5) is 28.3. The normalized spacial score (nSPS) is 15.5. The van der Waals surface area contributed by atoms with Crippen LogP contribution in [-0.4, -0.2) is 47.8 Å². The minimum atomic E-state index is -0.321. The van der Waals surface area contributed by atoms with Crippen molar-refractivity contribution in [1.29, 1.82) is 0 Å². The van der Waals surface area contributed by atoms with Gasteiger partial charge in [-0.2, -0.15) is 0 Å². The number of carbonyl (C=O) groups excluding carboxylic acids is 2. The molecule has 1 aromatic rings. The molecule has 0 aromatic heterocycles. The molecule has 5 heteroatoms. The Labute approximate surface area is 137 Å². The lowest BCUT2D eigenvalue weighted by atomic mass is 9.94. The fraction of sp³-hybridized carbons (Fsp3) is 0.556. The largest absolute Gasteiger partial charge is 0.343 e. The van der Waals surface area contributed by atoms with Gasteiger partial charge in [-0.15, -0.1) is 0 Å². The van der Waals surface area contributed by atoms with E-state index in [4.69, 9.17) is 0 Å². The Kier molecular flexibility index (Phi) is 6.13. The third-order valence-corrected chi connectivity index (χ3v) is 4.52. The van der Waals surface area contributed by atoms with Crippen molar-refractivity contribution in [2.75, 3.05) is 26.2 Å². The van der Waals surface area contributed by atoms with Gasteiger partial charge >= 0.3 is 0 Å².